The van der Waals surface area contributed by atoms with Gasteiger partial charge in [0.05, 0.1) is 11.5 Å². The molecule has 0 aromatic heterocycles. The Hall–Kier alpha value is -2.11. The average molecular weight is 292 g/mol. The smallest absolute Gasteiger partial charge is 0.310 e. The van der Waals surface area contributed by atoms with Crippen molar-refractivity contribution < 1.29 is 14.5 Å². The number of nitro groups is 1. The fraction of sp³-hybridized carbons (Fsp3) is 0.533. The molecular formula is C15H20N2O4. The van der Waals surface area contributed by atoms with Crippen LogP contribution in [0.2, 0.25) is 0 Å². The summed E-state index contributed by atoms with van der Waals surface area (Å²) in [6.07, 6.45) is 5.44. The third-order valence-corrected chi connectivity index (χ3v) is 3.59. The minimum absolute atomic E-state index is 0.0352. The number of hydrogen-bond donors (Lipinski definition) is 1. The summed E-state index contributed by atoms with van der Waals surface area (Å²) in [7, 11) is 0. The van der Waals surface area contributed by atoms with Crippen LogP contribution in [0.4, 0.5) is 5.69 Å². The molecule has 2 rings (SSSR count). The number of ether oxygens (including phenoxy) is 1. The van der Waals surface area contributed by atoms with Gasteiger partial charge in [-0.25, -0.2) is 0 Å². The summed E-state index contributed by atoms with van der Waals surface area (Å²) >= 11 is 0. The summed E-state index contributed by atoms with van der Waals surface area (Å²) in [5.41, 5.74) is -0.0482. The van der Waals surface area contributed by atoms with Gasteiger partial charge in [0.25, 0.3) is 0 Å². The lowest BCUT2D eigenvalue weighted by atomic mass is 10.2. The lowest BCUT2D eigenvalue weighted by molar-refractivity contribution is -0.385. The van der Waals surface area contributed by atoms with Crippen LogP contribution in [0, 0.1) is 10.1 Å². The number of nitrogens with one attached hydrogen (secondary N) is 1. The lowest BCUT2D eigenvalue weighted by Crippen LogP contribution is -2.32. The van der Waals surface area contributed by atoms with E-state index >= 15 is 0 Å². The number of amides is 1. The van der Waals surface area contributed by atoms with Crippen LogP contribution in [0.3, 0.4) is 0 Å². The summed E-state index contributed by atoms with van der Waals surface area (Å²) in [6.45, 7) is 0.295. The van der Waals surface area contributed by atoms with Gasteiger partial charge in [-0.3, -0.25) is 14.9 Å². The van der Waals surface area contributed by atoms with Gasteiger partial charge in [0.1, 0.15) is 0 Å². The number of para-hydroxylation sites is 2. The van der Waals surface area contributed by atoms with Gasteiger partial charge in [0.15, 0.2) is 5.75 Å². The van der Waals surface area contributed by atoms with Gasteiger partial charge >= 0.3 is 5.69 Å². The number of hydrogen-bond acceptors (Lipinski definition) is 4. The molecule has 1 aromatic rings. The van der Waals surface area contributed by atoms with Crippen molar-refractivity contribution in [1.29, 1.82) is 0 Å². The quantitative estimate of drug-likeness (QED) is 0.476. The zero-order valence-electron chi connectivity index (χ0n) is 11.9. The van der Waals surface area contributed by atoms with Gasteiger partial charge < -0.3 is 10.1 Å². The molecule has 0 heterocycles. The number of nitrogens with zero attached hydrogens (tertiary/aromatic N) is 1. The molecule has 0 aliphatic heterocycles. The second-order valence-electron chi connectivity index (χ2n) is 5.23. The second-order valence-corrected chi connectivity index (χ2v) is 5.23. The Morgan fingerprint density at radius 2 is 2.05 bits per heavy atom. The summed E-state index contributed by atoms with van der Waals surface area (Å²) in [4.78, 5) is 22.1. The zero-order valence-corrected chi connectivity index (χ0v) is 11.9. The molecule has 1 aromatic carbocycles. The highest BCUT2D eigenvalue weighted by Crippen LogP contribution is 2.25. The minimum Gasteiger partial charge on any atom is -0.487 e. The Bertz CT molecular complexity index is 498. The molecule has 0 atom stereocenters. The first-order chi connectivity index (χ1) is 10.2. The first kappa shape index (κ1) is 15.3. The third-order valence-electron chi connectivity index (χ3n) is 3.59. The highest BCUT2D eigenvalue weighted by Gasteiger charge is 2.17. The lowest BCUT2D eigenvalue weighted by Gasteiger charge is -2.12. The molecule has 1 aliphatic carbocycles. The van der Waals surface area contributed by atoms with Crippen LogP contribution in [0.1, 0.15) is 38.5 Å². The summed E-state index contributed by atoms with van der Waals surface area (Å²) < 4.78 is 5.40. The Morgan fingerprint density at radius 1 is 1.33 bits per heavy atom. The largest absolute Gasteiger partial charge is 0.487 e. The van der Waals surface area contributed by atoms with Crippen molar-refractivity contribution in [2.24, 2.45) is 0 Å². The highest BCUT2D eigenvalue weighted by molar-refractivity contribution is 5.76. The third kappa shape index (κ3) is 4.73. The van der Waals surface area contributed by atoms with E-state index in [1.807, 2.05) is 0 Å². The molecule has 1 N–H and O–H groups in total. The molecule has 6 nitrogen and oxygen atoms in total. The van der Waals surface area contributed by atoms with E-state index in [-0.39, 0.29) is 17.3 Å². The van der Waals surface area contributed by atoms with Crippen LogP contribution >= 0.6 is 0 Å². The molecule has 0 bridgehead atoms. The standard InChI is InChI=1S/C15H20N2O4/c18-15(16-12-6-1-2-7-12)10-5-11-21-14-9-4-3-8-13(14)17(19)20/h3-4,8-9,12H,1-2,5-7,10-11H2,(H,16,18). The van der Waals surface area contributed by atoms with Crippen LogP contribution in [0.15, 0.2) is 24.3 Å². The second kappa shape index (κ2) is 7.61. The van der Waals surface area contributed by atoms with Crippen molar-refractivity contribution in [3.8, 4) is 5.75 Å². The molecule has 0 unspecified atom stereocenters. The molecule has 1 saturated carbocycles. The predicted molar refractivity (Wildman–Crippen MR) is 78.2 cm³/mol. The minimum atomic E-state index is -0.470. The van der Waals surface area contributed by atoms with E-state index in [1.54, 1.807) is 18.2 Å². The number of carbonyl (C=O) groups is 1. The van der Waals surface area contributed by atoms with Gasteiger partial charge in [-0.15, -0.1) is 0 Å². The molecule has 0 saturated heterocycles. The van der Waals surface area contributed by atoms with Crippen molar-refractivity contribution in [2.45, 2.75) is 44.6 Å². The molecular weight excluding hydrogens is 272 g/mol. The Morgan fingerprint density at radius 3 is 2.76 bits per heavy atom. The first-order valence-electron chi connectivity index (χ1n) is 7.32. The average Bonchev–Trinajstić information content (AvgIpc) is 2.96. The van der Waals surface area contributed by atoms with Crippen LogP contribution in [-0.2, 0) is 4.79 Å². The molecule has 1 aliphatic rings. The fourth-order valence-electron chi connectivity index (χ4n) is 2.51. The van der Waals surface area contributed by atoms with Crippen molar-refractivity contribution in [2.75, 3.05) is 6.61 Å². The number of carbonyl (C=O) groups excluding carboxylic acids is 1. The molecule has 114 valence electrons. The van der Waals surface area contributed by atoms with Crippen LogP contribution < -0.4 is 10.1 Å². The number of nitro benzene ring substituents is 1. The topological polar surface area (TPSA) is 81.5 Å². The van der Waals surface area contributed by atoms with Crippen molar-refractivity contribution in [1.82, 2.24) is 5.32 Å². The van der Waals surface area contributed by atoms with Gasteiger partial charge in [0.2, 0.25) is 5.91 Å². The van der Waals surface area contributed by atoms with Crippen LogP contribution in [0.25, 0.3) is 0 Å². The van der Waals surface area contributed by atoms with Gasteiger partial charge in [-0.2, -0.15) is 0 Å². The Labute approximate surface area is 123 Å². The van der Waals surface area contributed by atoms with Gasteiger partial charge in [-0.05, 0) is 25.3 Å². The van der Waals surface area contributed by atoms with Crippen molar-refractivity contribution in [3.05, 3.63) is 34.4 Å². The highest BCUT2D eigenvalue weighted by atomic mass is 16.6. The monoisotopic (exact) mass is 292 g/mol. The van der Waals surface area contributed by atoms with Gasteiger partial charge in [-0.1, -0.05) is 25.0 Å². The molecule has 0 radical (unpaired) electrons. The predicted octanol–water partition coefficient (Wildman–Crippen LogP) is 2.81. The van der Waals surface area contributed by atoms with E-state index in [9.17, 15) is 14.9 Å². The molecule has 0 spiro atoms. The Kier molecular flexibility index (Phi) is 5.54. The Balaban J connectivity index is 1.69. The zero-order chi connectivity index (χ0) is 15.1. The van der Waals surface area contributed by atoms with E-state index in [0.717, 1.165) is 12.8 Å². The fourth-order valence-corrected chi connectivity index (χ4v) is 2.51. The van der Waals surface area contributed by atoms with Crippen LogP contribution in [0.5, 0.6) is 5.75 Å². The van der Waals surface area contributed by atoms with E-state index in [4.69, 9.17) is 4.74 Å². The van der Waals surface area contributed by atoms with Crippen molar-refractivity contribution in [3.63, 3.8) is 0 Å². The van der Waals surface area contributed by atoms with E-state index in [0.29, 0.717) is 25.5 Å². The summed E-state index contributed by atoms with van der Waals surface area (Å²) in [5, 5.41) is 13.8. The van der Waals surface area contributed by atoms with Crippen molar-refractivity contribution >= 4 is 11.6 Å². The summed E-state index contributed by atoms with van der Waals surface area (Å²) in [6, 6.07) is 6.59. The van der Waals surface area contributed by atoms with Gasteiger partial charge in [0, 0.05) is 18.5 Å². The molecule has 21 heavy (non-hydrogen) atoms. The van der Waals surface area contributed by atoms with Crippen LogP contribution in [-0.4, -0.2) is 23.5 Å². The maximum Gasteiger partial charge on any atom is 0.310 e. The van der Waals surface area contributed by atoms with E-state index < -0.39 is 4.92 Å². The molecule has 1 fully saturated rings. The van der Waals surface area contributed by atoms with E-state index in [2.05, 4.69) is 5.32 Å². The normalized spacial score (nSPS) is 14.9. The summed E-state index contributed by atoms with van der Waals surface area (Å²) in [5.74, 6) is 0.284. The number of rotatable bonds is 7. The first-order valence-corrected chi connectivity index (χ1v) is 7.32. The maximum absolute atomic E-state index is 11.7. The molecule has 1 amide bonds. The maximum atomic E-state index is 11.7. The number of benzene rings is 1. The molecule has 6 heteroatoms. The SMILES string of the molecule is O=C(CCCOc1ccccc1[N+](=O)[O-])NC1CCCC1. The van der Waals surface area contributed by atoms with E-state index in [1.165, 1.54) is 18.9 Å².